The van der Waals surface area contributed by atoms with Gasteiger partial charge in [-0.05, 0) is 54.5 Å². The standard InChI is InChI=1S/C47H54FN10O14.Pb/c1-6-25(19-59)27-11-33-44-28(18-57(33)47(70)29(27)20-71-5)43-32(8-7-26-23(2)30(48)12-31(55-44)42(26)43)56(4)40(65)21-72-22-53-36(61)15-51-45(68)24(3)54-37(62)16-50-35(60)14-52-46(69)34(13-49-17-41(66)67)58-38(63)9-10-39(58)64;/h9-12,19,24-25,32,34,49H,3,6-8,13-18,20-22H2,1-2,4-5H3,(H,50,60)(H,51,68)(H,52,69)(H,53,61)(H,54,62)(H,66,67);. The molecule has 6 rings (SSSR count). The number of fused-ring (bicyclic) bond motifs is 4. The molecular weight excluding hydrogens is 1150 g/mol. The van der Waals surface area contributed by atoms with Gasteiger partial charge in [-0.25, -0.2) is 9.37 Å². The van der Waals surface area contributed by atoms with Gasteiger partial charge in [0.1, 0.15) is 12.1 Å². The molecule has 3 aliphatic rings. The summed E-state index contributed by atoms with van der Waals surface area (Å²) in [5.41, 5.74) is 4.48. The number of benzene rings is 1. The third kappa shape index (κ3) is 12.5. The van der Waals surface area contributed by atoms with E-state index in [9.17, 15) is 52.7 Å². The van der Waals surface area contributed by atoms with Crippen molar-refractivity contribution in [3.8, 4) is 11.4 Å². The number of carbonyl (C=O) groups excluding carboxylic acids is 9. The van der Waals surface area contributed by atoms with Crippen LogP contribution in [0, 0.1) is 12.7 Å². The third-order valence-electron chi connectivity index (χ3n) is 12.7. The zero-order valence-corrected chi connectivity index (χ0v) is 44.2. The Morgan fingerprint density at radius 1 is 0.959 bits per heavy atom. The average Bonchev–Trinajstić information content (AvgIpc) is 3.91. The number of carbonyl (C=O) groups is 10. The van der Waals surface area contributed by atoms with Gasteiger partial charge in [-0.1, -0.05) is 6.92 Å². The van der Waals surface area contributed by atoms with Crippen LogP contribution in [0.15, 0.2) is 29.1 Å². The zero-order valence-electron chi connectivity index (χ0n) is 40.3. The van der Waals surface area contributed by atoms with Gasteiger partial charge >= 0.3 is 193 Å². The first kappa shape index (κ1) is 55.5. The van der Waals surface area contributed by atoms with Gasteiger partial charge in [-0.3, -0.25) is 19.2 Å². The normalized spacial score (nSPS) is 15.5. The van der Waals surface area contributed by atoms with Gasteiger partial charge in [0.15, 0.2) is 0 Å². The molecule has 4 heterocycles. The molecule has 3 radical (unpaired) electrons. The molecule has 2 aromatic heterocycles. The van der Waals surface area contributed by atoms with Crippen molar-refractivity contribution >= 4 is 96.2 Å². The molecule has 73 heavy (non-hydrogen) atoms. The number of aromatic nitrogens is 2. The maximum atomic E-state index is 15.4. The smallest absolute Gasteiger partial charge is 0.480 e. The number of rotatable bonds is 25. The average molecular weight is 1210 g/mol. The summed E-state index contributed by atoms with van der Waals surface area (Å²) in [6.07, 6.45) is 3.96. The number of ether oxygens (including phenoxy) is 2. The van der Waals surface area contributed by atoms with E-state index < -0.39 is 129 Å². The van der Waals surface area contributed by atoms with Crippen LogP contribution >= 0.6 is 0 Å². The molecular formula is C47H54FN10O14Pb. The van der Waals surface area contributed by atoms with Gasteiger partial charge in [-0.15, -0.1) is 0 Å². The number of carboxylic acid groups (broad SMARTS) is 1. The van der Waals surface area contributed by atoms with Crippen LogP contribution in [0.3, 0.4) is 0 Å². The van der Waals surface area contributed by atoms with Gasteiger partial charge in [0, 0.05) is 54.8 Å². The Morgan fingerprint density at radius 2 is 1.63 bits per heavy atom. The van der Waals surface area contributed by atoms with Gasteiger partial charge in [0.05, 0.1) is 42.6 Å². The van der Waals surface area contributed by atoms with E-state index in [2.05, 4.69) is 31.9 Å². The molecule has 24 nitrogen and oxygen atoms in total. The van der Waals surface area contributed by atoms with Crippen LogP contribution in [0.25, 0.3) is 22.3 Å². The number of amides is 8. The number of likely N-dealkylation sites (N-methyl/N-ethyl adjacent to an activating group) is 1. The van der Waals surface area contributed by atoms with Crippen LogP contribution in [-0.2, 0) is 77.0 Å². The molecule has 8 amide bonds. The Morgan fingerprint density at radius 3 is 2.27 bits per heavy atom. The molecule has 0 spiro atoms. The van der Waals surface area contributed by atoms with Crippen LogP contribution in [0.4, 0.5) is 4.39 Å². The zero-order chi connectivity index (χ0) is 53.3. The fourth-order valence-corrected chi connectivity index (χ4v) is 10.1. The van der Waals surface area contributed by atoms with Crippen molar-refractivity contribution in [3.63, 3.8) is 0 Å². The molecule has 4 unspecified atom stereocenters. The van der Waals surface area contributed by atoms with Crippen molar-refractivity contribution in [2.45, 2.75) is 74.3 Å². The second-order valence-corrected chi connectivity index (χ2v) is 18.8. The van der Waals surface area contributed by atoms with E-state index in [0.29, 0.717) is 94.5 Å². The molecule has 0 bridgehead atoms. The number of carboxylic acids is 1. The van der Waals surface area contributed by atoms with Crippen molar-refractivity contribution < 1.29 is 66.9 Å². The Bertz CT molecular complexity index is 2840. The Kier molecular flexibility index (Phi) is 18.8. The fourth-order valence-electron chi connectivity index (χ4n) is 8.95. The topological polar surface area (TPSA) is 323 Å². The van der Waals surface area contributed by atoms with Crippen molar-refractivity contribution in [1.29, 1.82) is 0 Å². The van der Waals surface area contributed by atoms with E-state index in [1.54, 1.807) is 24.6 Å². The molecule has 2 aliphatic heterocycles. The minimum absolute atomic E-state index is 0.0145. The van der Waals surface area contributed by atoms with Gasteiger partial charge in [0.25, 0.3) is 17.4 Å². The van der Waals surface area contributed by atoms with E-state index in [1.807, 2.05) is 6.92 Å². The minimum atomic E-state index is -1.49. The number of hydrogen-bond donors (Lipinski definition) is 7. The second-order valence-electron chi connectivity index (χ2n) is 17.3. The van der Waals surface area contributed by atoms with Gasteiger partial charge in [-0.2, -0.15) is 0 Å². The molecule has 1 aliphatic carbocycles. The van der Waals surface area contributed by atoms with Crippen molar-refractivity contribution in [2.24, 2.45) is 0 Å². The number of aliphatic carboxylic acids is 1. The van der Waals surface area contributed by atoms with Crippen molar-refractivity contribution in [2.75, 3.05) is 60.2 Å². The summed E-state index contributed by atoms with van der Waals surface area (Å²) in [7, 11) is 3.07. The molecule has 0 saturated heterocycles. The first-order valence-electron chi connectivity index (χ1n) is 23.0. The Hall–Kier alpha value is -6.85. The van der Waals surface area contributed by atoms with Crippen LogP contribution in [0.5, 0.6) is 0 Å². The Balaban J connectivity index is 0.989. The van der Waals surface area contributed by atoms with E-state index in [4.69, 9.17) is 19.6 Å². The van der Waals surface area contributed by atoms with Crippen LogP contribution in [0.1, 0.15) is 65.1 Å². The first-order valence-corrected chi connectivity index (χ1v) is 25.8. The molecule has 387 valence electrons. The molecule has 7 N–H and O–H groups in total. The molecule has 3 aromatic rings. The van der Waals surface area contributed by atoms with Gasteiger partial charge < -0.3 is 24.5 Å². The van der Waals surface area contributed by atoms with E-state index >= 15 is 4.39 Å². The predicted octanol–water partition coefficient (Wildman–Crippen LogP) is -2.36. The van der Waals surface area contributed by atoms with Crippen LogP contribution < -0.4 is 37.5 Å². The predicted molar refractivity (Wildman–Crippen MR) is 255 cm³/mol. The number of halogens is 1. The van der Waals surface area contributed by atoms with Crippen molar-refractivity contribution in [3.05, 3.63) is 73.8 Å². The molecule has 0 saturated carbocycles. The number of nitrogens with one attached hydrogen (secondary N) is 6. The number of nitrogens with zero attached hydrogens (tertiary/aromatic N) is 4. The van der Waals surface area contributed by atoms with Gasteiger partial charge in [0.2, 0.25) is 0 Å². The fraction of sp³-hybridized carbons (Fsp3) is 0.447. The number of hydrogen-bond acceptors (Lipinski definition) is 15. The summed E-state index contributed by atoms with van der Waals surface area (Å²) >= 11 is 0.448. The SMILES string of the molecule is CCC(C=O)c1cc2n(c(=O)c1COC)Cc1c-2nc2cc(F)c(C)c3c2c1C(N(C)C(=O)COCNC(=O)CNC(=O)C([CH2][Pb])NC(=O)CNC(=O)CNC(=O)C(CNCC(=O)O)N1C(=O)C=CC1=O)CC3. The minimum Gasteiger partial charge on any atom is -0.480 e. The summed E-state index contributed by atoms with van der Waals surface area (Å²) in [5.74, 6) is -8.28. The number of imide groups is 1. The van der Waals surface area contributed by atoms with E-state index in [1.165, 1.54) is 18.1 Å². The summed E-state index contributed by atoms with van der Waals surface area (Å²) in [4.78, 5) is 146. The quantitative estimate of drug-likeness (QED) is 0.0120. The maximum absolute atomic E-state index is 15.4. The summed E-state index contributed by atoms with van der Waals surface area (Å²) in [6, 6.07) is 0.0410. The second kappa shape index (κ2) is 24.7. The number of methoxy groups -OCH3 is 1. The Labute approximate surface area is 432 Å². The summed E-state index contributed by atoms with van der Waals surface area (Å²) in [6.45, 7) is -0.0387. The monoisotopic (exact) mass is 1210 g/mol. The number of pyridine rings is 2. The third-order valence-corrected chi connectivity index (χ3v) is 14.3. The first-order chi connectivity index (χ1) is 34.8. The number of aryl methyl sites for hydroxylation is 1. The van der Waals surface area contributed by atoms with Crippen LogP contribution in [0.2, 0.25) is 3.98 Å². The molecule has 26 heteroatoms. The molecule has 0 fully saturated rings. The molecule has 1 aromatic carbocycles. The van der Waals surface area contributed by atoms with E-state index in [0.717, 1.165) is 29.6 Å². The van der Waals surface area contributed by atoms with E-state index in [-0.39, 0.29) is 22.7 Å². The summed E-state index contributed by atoms with van der Waals surface area (Å²) < 4.78 is 28.1. The summed E-state index contributed by atoms with van der Waals surface area (Å²) in [5, 5.41) is 23.8. The van der Waals surface area contributed by atoms with Crippen molar-refractivity contribution in [1.82, 2.24) is 51.3 Å². The molecule has 4 atom stereocenters. The van der Waals surface area contributed by atoms with Crippen LogP contribution in [-0.4, -0.2) is 182 Å². The number of aldehydes is 1.